The second kappa shape index (κ2) is 4.77. The Morgan fingerprint density at radius 3 is 2.82 bits per heavy atom. The van der Waals surface area contributed by atoms with Gasteiger partial charge in [0, 0.05) is 12.2 Å². The van der Waals surface area contributed by atoms with Crippen LogP contribution in [0.15, 0.2) is 12.3 Å². The van der Waals surface area contributed by atoms with Gasteiger partial charge in [-0.05, 0) is 31.7 Å². The Morgan fingerprint density at radius 1 is 1.53 bits per heavy atom. The number of hydrogen-bond acceptors (Lipinski definition) is 2. The second-order valence-corrected chi connectivity index (χ2v) is 4.42. The first-order valence-corrected chi connectivity index (χ1v) is 5.70. The summed E-state index contributed by atoms with van der Waals surface area (Å²) in [5.74, 6) is -2.56. The highest BCUT2D eigenvalue weighted by Gasteiger charge is 2.26. The third-order valence-electron chi connectivity index (χ3n) is 3.31. The molecule has 1 aromatic heterocycles. The molecule has 0 spiro atoms. The van der Waals surface area contributed by atoms with E-state index in [1.54, 1.807) is 0 Å². The van der Waals surface area contributed by atoms with Crippen molar-refractivity contribution in [3.05, 3.63) is 29.6 Å². The molecule has 1 unspecified atom stereocenters. The molecule has 1 aliphatic rings. The summed E-state index contributed by atoms with van der Waals surface area (Å²) in [5, 5.41) is 2.69. The van der Waals surface area contributed by atoms with Gasteiger partial charge in [0.2, 0.25) is 5.95 Å². The fourth-order valence-electron chi connectivity index (χ4n) is 1.94. The van der Waals surface area contributed by atoms with Gasteiger partial charge in [0.1, 0.15) is 0 Å². The smallest absolute Gasteiger partial charge is 0.254 e. The van der Waals surface area contributed by atoms with Crippen LogP contribution >= 0.6 is 0 Å². The Kier molecular flexibility index (Phi) is 3.36. The van der Waals surface area contributed by atoms with Crippen LogP contribution in [-0.4, -0.2) is 16.9 Å². The maximum atomic E-state index is 13.3. The summed E-state index contributed by atoms with van der Waals surface area (Å²) >= 11 is 0. The fourth-order valence-corrected chi connectivity index (χ4v) is 1.94. The number of hydrogen-bond donors (Lipinski definition) is 1. The minimum absolute atomic E-state index is 0.00752. The predicted octanol–water partition coefficient (Wildman–Crippen LogP) is 2.28. The van der Waals surface area contributed by atoms with E-state index in [1.165, 1.54) is 12.5 Å². The van der Waals surface area contributed by atoms with Crippen LogP contribution in [0.2, 0.25) is 0 Å². The van der Waals surface area contributed by atoms with Crippen molar-refractivity contribution in [1.82, 2.24) is 10.3 Å². The van der Waals surface area contributed by atoms with Crippen molar-refractivity contribution >= 4 is 5.91 Å². The standard InChI is InChI=1S/C12H14F2N2O/c1-7(8-3-2-4-8)16-12(17)9-5-6-15-11(14)10(9)13/h5-8H,2-4H2,1H3,(H,16,17). The molecule has 1 amide bonds. The van der Waals surface area contributed by atoms with Gasteiger partial charge >= 0.3 is 0 Å². The lowest BCUT2D eigenvalue weighted by Gasteiger charge is -2.31. The maximum absolute atomic E-state index is 13.3. The molecule has 1 aromatic rings. The van der Waals surface area contributed by atoms with E-state index in [9.17, 15) is 13.6 Å². The van der Waals surface area contributed by atoms with E-state index in [4.69, 9.17) is 0 Å². The predicted molar refractivity (Wildman–Crippen MR) is 58.4 cm³/mol. The van der Waals surface area contributed by atoms with E-state index in [0.29, 0.717) is 5.92 Å². The summed E-state index contributed by atoms with van der Waals surface area (Å²) in [6, 6.07) is 1.17. The molecule has 0 aliphatic heterocycles. The number of pyridine rings is 1. The van der Waals surface area contributed by atoms with Gasteiger partial charge in [0.05, 0.1) is 5.56 Å². The molecule has 1 heterocycles. The van der Waals surface area contributed by atoms with Crippen LogP contribution in [0.3, 0.4) is 0 Å². The molecule has 17 heavy (non-hydrogen) atoms. The molecule has 1 atom stereocenters. The number of carbonyl (C=O) groups is 1. The van der Waals surface area contributed by atoms with E-state index >= 15 is 0 Å². The zero-order valence-electron chi connectivity index (χ0n) is 9.54. The molecule has 0 bridgehead atoms. The molecule has 1 fully saturated rings. The average Bonchev–Trinajstić information content (AvgIpc) is 2.19. The van der Waals surface area contributed by atoms with Gasteiger partial charge in [0.25, 0.3) is 5.91 Å². The molecule has 1 saturated carbocycles. The van der Waals surface area contributed by atoms with E-state index in [0.717, 1.165) is 19.0 Å². The van der Waals surface area contributed by atoms with Crippen molar-refractivity contribution in [2.45, 2.75) is 32.2 Å². The largest absolute Gasteiger partial charge is 0.349 e. The molecule has 3 nitrogen and oxygen atoms in total. The van der Waals surface area contributed by atoms with E-state index in [1.807, 2.05) is 6.92 Å². The number of rotatable bonds is 3. The summed E-state index contributed by atoms with van der Waals surface area (Å²) < 4.78 is 26.1. The molecule has 92 valence electrons. The monoisotopic (exact) mass is 240 g/mol. The Balaban J connectivity index is 2.06. The van der Waals surface area contributed by atoms with Crippen LogP contribution in [0.4, 0.5) is 8.78 Å². The van der Waals surface area contributed by atoms with Crippen LogP contribution in [0.1, 0.15) is 36.5 Å². The minimum atomic E-state index is -1.24. The van der Waals surface area contributed by atoms with Gasteiger partial charge in [-0.15, -0.1) is 0 Å². The SMILES string of the molecule is CC(NC(=O)c1ccnc(F)c1F)C1CCC1. The highest BCUT2D eigenvalue weighted by molar-refractivity contribution is 5.94. The molecule has 2 rings (SSSR count). The minimum Gasteiger partial charge on any atom is -0.349 e. The van der Waals surface area contributed by atoms with Gasteiger partial charge in [-0.3, -0.25) is 4.79 Å². The van der Waals surface area contributed by atoms with Crippen molar-refractivity contribution in [3.8, 4) is 0 Å². The van der Waals surface area contributed by atoms with E-state index in [-0.39, 0.29) is 11.6 Å². The first kappa shape index (κ1) is 12.0. The molecule has 0 aromatic carbocycles. The number of nitrogens with zero attached hydrogens (tertiary/aromatic N) is 1. The van der Waals surface area contributed by atoms with E-state index in [2.05, 4.69) is 10.3 Å². The lowest BCUT2D eigenvalue weighted by molar-refractivity contribution is 0.0903. The quantitative estimate of drug-likeness (QED) is 0.823. The third kappa shape index (κ3) is 2.43. The number of nitrogens with one attached hydrogen (secondary N) is 1. The topological polar surface area (TPSA) is 42.0 Å². The molecule has 1 N–H and O–H groups in total. The number of carbonyl (C=O) groups excluding carboxylic acids is 1. The van der Waals surface area contributed by atoms with Crippen molar-refractivity contribution in [2.75, 3.05) is 0 Å². The molecular weight excluding hydrogens is 226 g/mol. The number of halogens is 2. The molecule has 1 aliphatic carbocycles. The van der Waals surface area contributed by atoms with Crippen molar-refractivity contribution in [3.63, 3.8) is 0 Å². The summed E-state index contributed by atoms with van der Waals surface area (Å²) in [5.41, 5.74) is -0.288. The third-order valence-corrected chi connectivity index (χ3v) is 3.31. The van der Waals surface area contributed by atoms with Crippen LogP contribution < -0.4 is 5.32 Å². The lowest BCUT2D eigenvalue weighted by atomic mass is 9.80. The van der Waals surface area contributed by atoms with Crippen LogP contribution in [0, 0.1) is 17.7 Å². The van der Waals surface area contributed by atoms with Gasteiger partial charge in [-0.2, -0.15) is 4.39 Å². The Morgan fingerprint density at radius 2 is 2.24 bits per heavy atom. The number of amides is 1. The lowest BCUT2D eigenvalue weighted by Crippen LogP contribution is -2.41. The van der Waals surface area contributed by atoms with Crippen molar-refractivity contribution < 1.29 is 13.6 Å². The van der Waals surface area contributed by atoms with Gasteiger partial charge in [0.15, 0.2) is 5.82 Å². The van der Waals surface area contributed by atoms with E-state index < -0.39 is 17.7 Å². The highest BCUT2D eigenvalue weighted by atomic mass is 19.2. The Labute approximate surface area is 98.2 Å². The first-order chi connectivity index (χ1) is 8.09. The normalized spacial score (nSPS) is 17.4. The average molecular weight is 240 g/mol. The maximum Gasteiger partial charge on any atom is 0.254 e. The summed E-state index contributed by atoms with van der Waals surface area (Å²) in [6.45, 7) is 1.89. The summed E-state index contributed by atoms with van der Waals surface area (Å²) in [7, 11) is 0. The van der Waals surface area contributed by atoms with Gasteiger partial charge < -0.3 is 5.32 Å². The number of aromatic nitrogens is 1. The first-order valence-electron chi connectivity index (χ1n) is 5.70. The Hall–Kier alpha value is -1.52. The molecule has 0 saturated heterocycles. The zero-order valence-corrected chi connectivity index (χ0v) is 9.54. The molecular formula is C12H14F2N2O. The summed E-state index contributed by atoms with van der Waals surface area (Å²) in [6.07, 6.45) is 4.41. The summed E-state index contributed by atoms with van der Waals surface area (Å²) in [4.78, 5) is 14.9. The fraction of sp³-hybridized carbons (Fsp3) is 0.500. The van der Waals surface area contributed by atoms with Gasteiger partial charge in [-0.1, -0.05) is 6.42 Å². The van der Waals surface area contributed by atoms with Crippen LogP contribution in [-0.2, 0) is 0 Å². The van der Waals surface area contributed by atoms with Crippen molar-refractivity contribution in [2.24, 2.45) is 5.92 Å². The second-order valence-electron chi connectivity index (χ2n) is 4.42. The van der Waals surface area contributed by atoms with Crippen molar-refractivity contribution in [1.29, 1.82) is 0 Å². The zero-order chi connectivity index (χ0) is 12.4. The van der Waals surface area contributed by atoms with Crippen LogP contribution in [0.25, 0.3) is 0 Å². The molecule has 0 radical (unpaired) electrons. The highest BCUT2D eigenvalue weighted by Crippen LogP contribution is 2.29. The van der Waals surface area contributed by atoms with Crippen LogP contribution in [0.5, 0.6) is 0 Å². The Bertz CT molecular complexity index is 433. The van der Waals surface area contributed by atoms with Gasteiger partial charge in [-0.25, -0.2) is 9.37 Å². The molecule has 5 heteroatoms.